The van der Waals surface area contributed by atoms with Gasteiger partial charge in [-0.1, -0.05) is 27.7 Å². The summed E-state index contributed by atoms with van der Waals surface area (Å²) in [6.45, 7) is 15.3. The average Bonchev–Trinajstić information content (AvgIpc) is 3.66. The summed E-state index contributed by atoms with van der Waals surface area (Å²) >= 11 is 0. The SMILES string of the molecule is CC(C#N)(N=NC(C)(C#N)C1CC1)C1CC1.CC(C)CC(C)(C#N)N=NC(C)(C#N)CC(C)C. The topological polar surface area (TPSA) is 145 Å². The molecule has 2 saturated carbocycles. The van der Waals surface area contributed by atoms with Crippen LogP contribution in [0, 0.1) is 69.0 Å². The summed E-state index contributed by atoms with van der Waals surface area (Å²) in [6, 6.07) is 8.83. The Bertz CT molecular complexity index is 844. The summed E-state index contributed by atoms with van der Waals surface area (Å²) < 4.78 is 0. The Balaban J connectivity index is 0.000000341. The normalized spacial score (nSPS) is 22.8. The van der Waals surface area contributed by atoms with Crippen LogP contribution in [0.4, 0.5) is 0 Å². The molecule has 8 heteroatoms. The van der Waals surface area contributed by atoms with Crippen LogP contribution in [0.1, 0.15) is 93.9 Å². The lowest BCUT2D eigenvalue weighted by Crippen LogP contribution is -2.26. The minimum atomic E-state index is -0.830. The molecule has 0 radical (unpaired) electrons. The molecule has 0 aromatic carbocycles. The zero-order chi connectivity index (χ0) is 26.2. The van der Waals surface area contributed by atoms with Crippen molar-refractivity contribution >= 4 is 0 Å². The van der Waals surface area contributed by atoms with Gasteiger partial charge in [0.05, 0.1) is 24.3 Å². The zero-order valence-electron chi connectivity index (χ0n) is 22.1. The molecule has 2 aliphatic rings. The molecule has 34 heavy (non-hydrogen) atoms. The number of nitrogens with zero attached hydrogens (tertiary/aromatic N) is 8. The summed E-state index contributed by atoms with van der Waals surface area (Å²) in [5, 5.41) is 53.3. The van der Waals surface area contributed by atoms with Gasteiger partial charge in [0, 0.05) is 0 Å². The van der Waals surface area contributed by atoms with E-state index < -0.39 is 22.2 Å². The van der Waals surface area contributed by atoms with Crippen LogP contribution in [-0.2, 0) is 0 Å². The molecule has 184 valence electrons. The second-order valence-corrected chi connectivity index (χ2v) is 11.4. The molecule has 0 aromatic heterocycles. The molecule has 2 rings (SSSR count). The van der Waals surface area contributed by atoms with Gasteiger partial charge in [0.25, 0.3) is 0 Å². The standard InChI is InChI=1S/C14H24N4.C12H16N4/c1-11(2)7-13(5,9-15)17-18-14(6,10-16)8-12(3)4;1-11(7-13,9-3-4-9)15-16-12(2,8-14)10-5-6-10/h11-12H,7-8H2,1-6H3;9-10H,3-6H2,1-2H3. The van der Waals surface area contributed by atoms with Gasteiger partial charge in [-0.2, -0.15) is 41.5 Å². The minimum Gasteiger partial charge on any atom is -0.196 e. The molecule has 2 aliphatic carbocycles. The Hall–Kier alpha value is -2.84. The third-order valence-electron chi connectivity index (χ3n) is 6.25. The van der Waals surface area contributed by atoms with E-state index in [9.17, 15) is 10.5 Å². The average molecular weight is 465 g/mol. The summed E-state index contributed by atoms with van der Waals surface area (Å²) in [5.74, 6) is 1.41. The fraction of sp³-hybridized carbons (Fsp3) is 0.846. The van der Waals surface area contributed by atoms with E-state index in [0.29, 0.717) is 36.5 Å². The molecule has 4 unspecified atom stereocenters. The number of rotatable bonds is 10. The van der Waals surface area contributed by atoms with Gasteiger partial charge in [-0.15, -0.1) is 0 Å². The van der Waals surface area contributed by atoms with E-state index in [-0.39, 0.29) is 0 Å². The Kier molecular flexibility index (Phi) is 9.90. The largest absolute Gasteiger partial charge is 0.196 e. The molecule has 0 saturated heterocycles. The number of nitriles is 4. The Morgan fingerprint density at radius 1 is 0.588 bits per heavy atom. The first-order chi connectivity index (χ1) is 15.7. The summed E-state index contributed by atoms with van der Waals surface area (Å²) in [6.07, 6.45) is 5.50. The van der Waals surface area contributed by atoms with Gasteiger partial charge in [0.2, 0.25) is 0 Å². The quantitative estimate of drug-likeness (QED) is 0.323. The highest BCUT2D eigenvalue weighted by molar-refractivity contribution is 5.15. The van der Waals surface area contributed by atoms with Gasteiger partial charge in [-0.05, 0) is 89.9 Å². The zero-order valence-corrected chi connectivity index (χ0v) is 22.1. The van der Waals surface area contributed by atoms with Crippen LogP contribution < -0.4 is 0 Å². The highest BCUT2D eigenvalue weighted by Gasteiger charge is 2.46. The second kappa shape index (κ2) is 11.5. The van der Waals surface area contributed by atoms with Crippen molar-refractivity contribution in [1.29, 1.82) is 21.0 Å². The fourth-order valence-electron chi connectivity index (χ4n) is 3.92. The first-order valence-electron chi connectivity index (χ1n) is 12.2. The van der Waals surface area contributed by atoms with Gasteiger partial charge < -0.3 is 0 Å². The van der Waals surface area contributed by atoms with E-state index in [2.05, 4.69) is 44.7 Å². The summed E-state index contributed by atoms with van der Waals surface area (Å²) in [4.78, 5) is 0. The van der Waals surface area contributed by atoms with Crippen molar-refractivity contribution in [2.45, 2.75) is 116 Å². The number of hydrogen-bond acceptors (Lipinski definition) is 8. The predicted molar refractivity (Wildman–Crippen MR) is 130 cm³/mol. The van der Waals surface area contributed by atoms with Gasteiger partial charge in [-0.3, -0.25) is 0 Å². The Morgan fingerprint density at radius 2 is 0.882 bits per heavy atom. The molecule has 4 atom stereocenters. The van der Waals surface area contributed by atoms with Crippen molar-refractivity contribution in [3.8, 4) is 24.3 Å². The van der Waals surface area contributed by atoms with Crippen LogP contribution in [0.2, 0.25) is 0 Å². The molecule has 0 aromatic rings. The van der Waals surface area contributed by atoms with E-state index >= 15 is 0 Å². The molecule has 2 fully saturated rings. The smallest absolute Gasteiger partial charge is 0.167 e. The third kappa shape index (κ3) is 8.83. The van der Waals surface area contributed by atoms with Crippen LogP contribution in [0.5, 0.6) is 0 Å². The monoisotopic (exact) mass is 464 g/mol. The Labute approximate surface area is 205 Å². The lowest BCUT2D eigenvalue weighted by atomic mass is 9.92. The van der Waals surface area contributed by atoms with Crippen molar-refractivity contribution in [3.63, 3.8) is 0 Å². The maximum absolute atomic E-state index is 9.20. The van der Waals surface area contributed by atoms with Crippen LogP contribution in [0.3, 0.4) is 0 Å². The summed E-state index contributed by atoms with van der Waals surface area (Å²) in [7, 11) is 0. The van der Waals surface area contributed by atoms with Gasteiger partial charge >= 0.3 is 0 Å². The molecule has 0 bridgehead atoms. The van der Waals surface area contributed by atoms with E-state index in [0.717, 1.165) is 25.7 Å². The first-order valence-corrected chi connectivity index (χ1v) is 12.2. The first kappa shape index (κ1) is 29.2. The molecule has 0 spiro atoms. The highest BCUT2D eigenvalue weighted by atomic mass is 15.2. The van der Waals surface area contributed by atoms with Crippen LogP contribution in [-0.4, -0.2) is 22.2 Å². The minimum absolute atomic E-state index is 0.336. The van der Waals surface area contributed by atoms with Gasteiger partial charge in [-0.25, -0.2) is 0 Å². The molecule has 0 amide bonds. The van der Waals surface area contributed by atoms with E-state index in [1.165, 1.54) is 0 Å². The van der Waals surface area contributed by atoms with Crippen molar-refractivity contribution in [2.75, 3.05) is 0 Å². The number of hydrogen-bond donors (Lipinski definition) is 0. The maximum atomic E-state index is 9.20. The van der Waals surface area contributed by atoms with Crippen molar-refractivity contribution in [3.05, 3.63) is 0 Å². The maximum Gasteiger partial charge on any atom is 0.167 e. The molecular formula is C26H40N8. The van der Waals surface area contributed by atoms with Gasteiger partial charge in [0.15, 0.2) is 22.2 Å². The van der Waals surface area contributed by atoms with Crippen molar-refractivity contribution in [1.82, 2.24) is 0 Å². The van der Waals surface area contributed by atoms with Gasteiger partial charge in [0.1, 0.15) is 0 Å². The van der Waals surface area contributed by atoms with Crippen LogP contribution >= 0.6 is 0 Å². The van der Waals surface area contributed by atoms with E-state index in [1.54, 1.807) is 13.8 Å². The molecule has 0 aliphatic heterocycles. The van der Waals surface area contributed by atoms with E-state index in [1.807, 2.05) is 41.5 Å². The number of azo groups is 2. The van der Waals surface area contributed by atoms with Crippen molar-refractivity contribution < 1.29 is 0 Å². The fourth-order valence-corrected chi connectivity index (χ4v) is 3.92. The van der Waals surface area contributed by atoms with Crippen molar-refractivity contribution in [2.24, 2.45) is 44.1 Å². The second-order valence-electron chi connectivity index (χ2n) is 11.4. The molecular weight excluding hydrogens is 424 g/mol. The molecule has 0 heterocycles. The van der Waals surface area contributed by atoms with Crippen LogP contribution in [0.15, 0.2) is 20.5 Å². The third-order valence-corrected chi connectivity index (χ3v) is 6.25. The van der Waals surface area contributed by atoms with Crippen LogP contribution in [0.25, 0.3) is 0 Å². The lowest BCUT2D eigenvalue weighted by molar-refractivity contribution is 0.384. The molecule has 0 N–H and O–H groups in total. The van der Waals surface area contributed by atoms with E-state index in [4.69, 9.17) is 10.5 Å². The predicted octanol–water partition coefficient (Wildman–Crippen LogP) is 6.92. The summed E-state index contributed by atoms with van der Waals surface area (Å²) in [5.41, 5.74) is -3.09. The molecule has 8 nitrogen and oxygen atoms in total. The Morgan fingerprint density at radius 3 is 1.06 bits per heavy atom. The highest BCUT2D eigenvalue weighted by Crippen LogP contribution is 2.45. The lowest BCUT2D eigenvalue weighted by Gasteiger charge is -2.22.